The first kappa shape index (κ1) is 15.7. The fourth-order valence-corrected chi connectivity index (χ4v) is 3.64. The third-order valence-corrected chi connectivity index (χ3v) is 5.17. The molecule has 1 amide bonds. The zero-order valence-corrected chi connectivity index (χ0v) is 13.8. The number of carbonyl (C=O) groups is 1. The molecule has 1 atom stereocenters. The Kier molecular flexibility index (Phi) is 3.97. The van der Waals surface area contributed by atoms with Gasteiger partial charge in [0.25, 0.3) is 5.91 Å². The normalized spacial score (nSPS) is 18.5. The van der Waals surface area contributed by atoms with Crippen LogP contribution < -0.4 is 0 Å². The van der Waals surface area contributed by atoms with Crippen LogP contribution in [0.2, 0.25) is 0 Å². The monoisotopic (exact) mass is 338 g/mol. The average molecular weight is 338 g/mol. The van der Waals surface area contributed by atoms with Crippen molar-refractivity contribution in [2.45, 2.75) is 30.6 Å². The smallest absolute Gasteiger partial charge is 0.292 e. The van der Waals surface area contributed by atoms with Crippen molar-refractivity contribution < 1.29 is 17.7 Å². The minimum absolute atomic E-state index is 0.0836. The summed E-state index contributed by atoms with van der Waals surface area (Å²) in [5.41, 5.74) is 1.30. The van der Waals surface area contributed by atoms with Gasteiger partial charge in [-0.25, -0.2) is 8.42 Å². The van der Waals surface area contributed by atoms with Crippen LogP contribution in [0.3, 0.4) is 0 Å². The highest BCUT2D eigenvalue weighted by molar-refractivity contribution is 7.90. The Labute approximate surface area is 133 Å². The van der Waals surface area contributed by atoms with E-state index in [1.54, 1.807) is 11.0 Å². The molecule has 0 bridgehead atoms. The lowest BCUT2D eigenvalue weighted by molar-refractivity contribution is 0.0749. The van der Waals surface area contributed by atoms with Gasteiger partial charge in [-0.3, -0.25) is 9.89 Å². The van der Waals surface area contributed by atoms with Crippen LogP contribution in [0.4, 0.5) is 0 Å². The third kappa shape index (κ3) is 3.00. The molecule has 9 heteroatoms. The van der Waals surface area contributed by atoms with Crippen molar-refractivity contribution in [3.8, 4) is 0 Å². The Hall–Kier alpha value is -2.16. The molecular weight excluding hydrogens is 320 g/mol. The molecule has 1 saturated heterocycles. The van der Waals surface area contributed by atoms with E-state index in [-0.39, 0.29) is 22.5 Å². The highest BCUT2D eigenvalue weighted by Gasteiger charge is 2.33. The van der Waals surface area contributed by atoms with Crippen molar-refractivity contribution in [2.24, 2.45) is 0 Å². The number of rotatable bonds is 4. The molecule has 23 heavy (non-hydrogen) atoms. The number of aromatic nitrogens is 3. The summed E-state index contributed by atoms with van der Waals surface area (Å²) >= 11 is 0. The number of nitrogens with one attached hydrogen (secondary N) is 1. The maximum absolute atomic E-state index is 12.4. The van der Waals surface area contributed by atoms with E-state index >= 15 is 0 Å². The summed E-state index contributed by atoms with van der Waals surface area (Å²) in [6.07, 6.45) is 3.84. The van der Waals surface area contributed by atoms with Crippen molar-refractivity contribution in [1.82, 2.24) is 20.3 Å². The number of H-pyrrole nitrogens is 1. The van der Waals surface area contributed by atoms with Crippen molar-refractivity contribution >= 4 is 15.7 Å². The summed E-state index contributed by atoms with van der Waals surface area (Å²) in [7, 11) is -3.34. The van der Waals surface area contributed by atoms with E-state index in [0.717, 1.165) is 11.9 Å². The van der Waals surface area contributed by atoms with Crippen molar-refractivity contribution in [2.75, 3.05) is 19.3 Å². The molecule has 2 aromatic rings. The van der Waals surface area contributed by atoms with Crippen LogP contribution in [0.15, 0.2) is 21.7 Å². The van der Waals surface area contributed by atoms with Gasteiger partial charge in [0.2, 0.25) is 5.76 Å². The van der Waals surface area contributed by atoms with Gasteiger partial charge in [-0.05, 0) is 12.8 Å². The van der Waals surface area contributed by atoms with Gasteiger partial charge in [0, 0.05) is 31.3 Å². The van der Waals surface area contributed by atoms with Gasteiger partial charge in [0.1, 0.15) is 4.90 Å². The van der Waals surface area contributed by atoms with Crippen molar-refractivity contribution in [1.29, 1.82) is 0 Å². The SMILES string of the molecule is CCc1cc(C(=O)N2CC[C@H](c3[nH]ncc3S(C)(=O)=O)C2)on1. The molecule has 1 aliphatic heterocycles. The number of aromatic amines is 1. The summed E-state index contributed by atoms with van der Waals surface area (Å²) in [4.78, 5) is 14.3. The molecule has 0 aromatic carbocycles. The molecule has 1 aliphatic rings. The third-order valence-electron chi connectivity index (χ3n) is 4.05. The Morgan fingerprint density at radius 2 is 2.30 bits per heavy atom. The van der Waals surface area contributed by atoms with Crippen molar-refractivity contribution in [3.63, 3.8) is 0 Å². The molecule has 2 aromatic heterocycles. The van der Waals surface area contributed by atoms with Gasteiger partial charge in [-0.2, -0.15) is 5.10 Å². The summed E-state index contributed by atoms with van der Waals surface area (Å²) in [5.74, 6) is -0.0877. The second-order valence-electron chi connectivity index (χ2n) is 5.69. The molecule has 124 valence electrons. The Morgan fingerprint density at radius 1 is 1.52 bits per heavy atom. The fourth-order valence-electron chi connectivity index (χ4n) is 2.79. The van der Waals surface area contributed by atoms with Gasteiger partial charge < -0.3 is 9.42 Å². The summed E-state index contributed by atoms with van der Waals surface area (Å²) in [6, 6.07) is 1.65. The number of sulfone groups is 1. The molecule has 3 rings (SSSR count). The highest BCUT2D eigenvalue weighted by atomic mass is 32.2. The predicted molar refractivity (Wildman–Crippen MR) is 80.8 cm³/mol. The second-order valence-corrected chi connectivity index (χ2v) is 7.68. The van der Waals surface area contributed by atoms with E-state index in [0.29, 0.717) is 31.6 Å². The van der Waals surface area contributed by atoms with Gasteiger partial charge in [-0.15, -0.1) is 0 Å². The summed E-state index contributed by atoms with van der Waals surface area (Å²) < 4.78 is 28.6. The van der Waals surface area contributed by atoms with Crippen molar-refractivity contribution in [3.05, 3.63) is 29.4 Å². The minimum atomic E-state index is -3.34. The molecule has 1 fully saturated rings. The Morgan fingerprint density at radius 3 is 2.96 bits per heavy atom. The number of nitrogens with zero attached hydrogens (tertiary/aromatic N) is 3. The topological polar surface area (TPSA) is 109 Å². The van der Waals surface area contributed by atoms with E-state index in [2.05, 4.69) is 15.4 Å². The van der Waals surface area contributed by atoms with E-state index < -0.39 is 9.84 Å². The lowest BCUT2D eigenvalue weighted by Gasteiger charge is -2.14. The molecule has 8 nitrogen and oxygen atoms in total. The first-order chi connectivity index (χ1) is 10.9. The van der Waals surface area contributed by atoms with Crippen LogP contribution in [0.1, 0.15) is 41.2 Å². The van der Waals surface area contributed by atoms with Crippen LogP contribution in [0.5, 0.6) is 0 Å². The van der Waals surface area contributed by atoms with Crippen LogP contribution in [-0.4, -0.2) is 53.9 Å². The number of aryl methyl sites for hydroxylation is 1. The zero-order chi connectivity index (χ0) is 16.6. The molecule has 0 aliphatic carbocycles. The van der Waals surface area contributed by atoms with Gasteiger partial charge in [-0.1, -0.05) is 12.1 Å². The Balaban J connectivity index is 1.76. The number of amides is 1. The number of likely N-dealkylation sites (tertiary alicyclic amines) is 1. The van der Waals surface area contributed by atoms with Crippen LogP contribution >= 0.6 is 0 Å². The maximum Gasteiger partial charge on any atom is 0.292 e. The largest absolute Gasteiger partial charge is 0.351 e. The Bertz CT molecular complexity index is 823. The van der Waals surface area contributed by atoms with Crippen LogP contribution in [0, 0.1) is 0 Å². The summed E-state index contributed by atoms with van der Waals surface area (Å²) in [5, 5.41) is 10.4. The number of hydrogen-bond acceptors (Lipinski definition) is 6. The van der Waals surface area contributed by atoms with Gasteiger partial charge in [0.15, 0.2) is 9.84 Å². The van der Waals surface area contributed by atoms with Gasteiger partial charge in [0.05, 0.1) is 17.6 Å². The van der Waals surface area contributed by atoms with E-state index in [1.165, 1.54) is 6.20 Å². The lowest BCUT2D eigenvalue weighted by Crippen LogP contribution is -2.28. The average Bonchev–Trinajstić information content (AvgIpc) is 3.23. The molecule has 0 spiro atoms. The molecule has 0 radical (unpaired) electrons. The standard InChI is InChI=1S/C14H18N4O4S/c1-3-10-6-11(22-17-10)14(19)18-5-4-9(8-18)13-12(7-15-16-13)23(2,20)21/h6-7,9H,3-5,8H2,1-2H3,(H,15,16)/t9-/m0/s1. The molecule has 0 unspecified atom stereocenters. The van der Waals surface area contributed by atoms with E-state index in [4.69, 9.17) is 4.52 Å². The summed E-state index contributed by atoms with van der Waals surface area (Å²) in [6.45, 7) is 2.89. The van der Waals surface area contributed by atoms with Gasteiger partial charge >= 0.3 is 0 Å². The zero-order valence-electron chi connectivity index (χ0n) is 12.9. The highest BCUT2D eigenvalue weighted by Crippen LogP contribution is 2.30. The van der Waals surface area contributed by atoms with Crippen LogP contribution in [0.25, 0.3) is 0 Å². The molecule has 1 N–H and O–H groups in total. The molecule has 3 heterocycles. The second kappa shape index (κ2) is 5.80. The quantitative estimate of drug-likeness (QED) is 0.890. The van der Waals surface area contributed by atoms with E-state index in [1.807, 2.05) is 6.92 Å². The predicted octanol–water partition coefficient (Wildman–Crippen LogP) is 0.993. The lowest BCUT2D eigenvalue weighted by atomic mass is 10.1. The first-order valence-electron chi connectivity index (χ1n) is 7.38. The molecular formula is C14H18N4O4S. The minimum Gasteiger partial charge on any atom is -0.351 e. The van der Waals surface area contributed by atoms with Crippen LogP contribution in [-0.2, 0) is 16.3 Å². The number of hydrogen-bond donors (Lipinski definition) is 1. The maximum atomic E-state index is 12.4. The van der Waals surface area contributed by atoms with E-state index in [9.17, 15) is 13.2 Å². The molecule has 0 saturated carbocycles. The fraction of sp³-hybridized carbons (Fsp3) is 0.500. The first-order valence-corrected chi connectivity index (χ1v) is 9.27. The number of carbonyl (C=O) groups excluding carboxylic acids is 1.